The van der Waals surface area contributed by atoms with Crippen molar-refractivity contribution in [3.63, 3.8) is 0 Å². The van der Waals surface area contributed by atoms with Crippen LogP contribution >= 0.6 is 0 Å². The third kappa shape index (κ3) is 2.01. The van der Waals surface area contributed by atoms with Gasteiger partial charge in [-0.2, -0.15) is 0 Å². The zero-order valence-corrected chi connectivity index (χ0v) is 8.72. The molecule has 1 saturated heterocycles. The summed E-state index contributed by atoms with van der Waals surface area (Å²) in [6, 6.07) is 6.62. The first-order chi connectivity index (χ1) is 7.10. The molecule has 1 aliphatic rings. The molecule has 0 saturated carbocycles. The minimum Gasteiger partial charge on any atom is -0.355 e. The van der Waals surface area contributed by atoms with Crippen LogP contribution in [0.3, 0.4) is 0 Å². The van der Waals surface area contributed by atoms with Gasteiger partial charge in [0.25, 0.3) is 0 Å². The van der Waals surface area contributed by atoms with Crippen LogP contribution in [-0.2, 0) is 10.2 Å². The maximum Gasteiger partial charge on any atom is 0.220 e. The minimum absolute atomic E-state index is 0.0869. The van der Waals surface area contributed by atoms with Crippen molar-refractivity contribution in [2.75, 3.05) is 6.54 Å². The Bertz CT molecular complexity index is 379. The lowest BCUT2D eigenvalue weighted by atomic mass is 9.76. The quantitative estimate of drug-likeness (QED) is 0.749. The highest BCUT2D eigenvalue weighted by molar-refractivity contribution is 5.77. The van der Waals surface area contributed by atoms with Gasteiger partial charge in [0.2, 0.25) is 5.91 Å². The molecule has 1 N–H and O–H groups in total. The molecule has 1 aromatic rings. The number of carbonyl (C=O) groups excluding carboxylic acids is 1. The van der Waals surface area contributed by atoms with Gasteiger partial charge in [-0.05, 0) is 24.1 Å². The highest BCUT2D eigenvalue weighted by Crippen LogP contribution is 2.30. The molecule has 0 radical (unpaired) electrons. The Labute approximate surface area is 88.5 Å². The van der Waals surface area contributed by atoms with Gasteiger partial charge in [0.05, 0.1) is 0 Å². The zero-order chi connectivity index (χ0) is 10.9. The van der Waals surface area contributed by atoms with Crippen LogP contribution in [0, 0.1) is 5.82 Å². The molecule has 0 bridgehead atoms. The van der Waals surface area contributed by atoms with E-state index in [2.05, 4.69) is 12.2 Å². The van der Waals surface area contributed by atoms with Crippen molar-refractivity contribution in [2.45, 2.75) is 25.2 Å². The van der Waals surface area contributed by atoms with Gasteiger partial charge < -0.3 is 5.32 Å². The lowest BCUT2D eigenvalue weighted by Crippen LogP contribution is -2.44. The Morgan fingerprint density at radius 1 is 1.47 bits per heavy atom. The van der Waals surface area contributed by atoms with Gasteiger partial charge in [0, 0.05) is 18.4 Å². The summed E-state index contributed by atoms with van der Waals surface area (Å²) in [6.45, 7) is 2.65. The first-order valence-corrected chi connectivity index (χ1v) is 5.13. The lowest BCUT2D eigenvalue weighted by Gasteiger charge is -2.34. The topological polar surface area (TPSA) is 29.1 Å². The predicted molar refractivity (Wildman–Crippen MR) is 56.0 cm³/mol. The summed E-state index contributed by atoms with van der Waals surface area (Å²) in [5, 5.41) is 2.83. The van der Waals surface area contributed by atoms with E-state index in [1.807, 2.05) is 6.07 Å². The fraction of sp³-hybridized carbons (Fsp3) is 0.417. The van der Waals surface area contributed by atoms with Crippen LogP contribution in [0.15, 0.2) is 24.3 Å². The van der Waals surface area contributed by atoms with E-state index in [9.17, 15) is 9.18 Å². The molecule has 1 atom stereocenters. The van der Waals surface area contributed by atoms with Gasteiger partial charge in [0.1, 0.15) is 5.82 Å². The number of hydrogen-bond acceptors (Lipinski definition) is 1. The molecular weight excluding hydrogens is 193 g/mol. The first kappa shape index (κ1) is 10.1. The summed E-state index contributed by atoms with van der Waals surface area (Å²) in [5.41, 5.74) is 0.832. The smallest absolute Gasteiger partial charge is 0.220 e. The highest BCUT2D eigenvalue weighted by atomic mass is 19.1. The average molecular weight is 207 g/mol. The van der Waals surface area contributed by atoms with E-state index in [1.54, 1.807) is 12.1 Å². The van der Waals surface area contributed by atoms with Crippen LogP contribution in [-0.4, -0.2) is 12.5 Å². The molecule has 2 nitrogen and oxygen atoms in total. The summed E-state index contributed by atoms with van der Waals surface area (Å²) < 4.78 is 13.1. The number of nitrogens with one attached hydrogen (secondary N) is 1. The molecule has 1 amide bonds. The Kier molecular flexibility index (Phi) is 2.47. The zero-order valence-electron chi connectivity index (χ0n) is 8.72. The Morgan fingerprint density at radius 2 is 2.27 bits per heavy atom. The summed E-state index contributed by atoms with van der Waals surface area (Å²) >= 11 is 0. The normalized spacial score (nSPS) is 26.1. The molecule has 0 aliphatic carbocycles. The fourth-order valence-electron chi connectivity index (χ4n) is 1.97. The van der Waals surface area contributed by atoms with Crippen LogP contribution < -0.4 is 5.32 Å². The molecule has 0 aromatic heterocycles. The van der Waals surface area contributed by atoms with Crippen LogP contribution in [0.25, 0.3) is 0 Å². The molecule has 1 unspecified atom stereocenters. The van der Waals surface area contributed by atoms with E-state index >= 15 is 0 Å². The van der Waals surface area contributed by atoms with Gasteiger partial charge in [0.15, 0.2) is 0 Å². The number of halogens is 1. The molecule has 1 fully saturated rings. The van der Waals surface area contributed by atoms with Crippen molar-refractivity contribution in [3.8, 4) is 0 Å². The maximum absolute atomic E-state index is 13.1. The molecule has 80 valence electrons. The van der Waals surface area contributed by atoms with Crippen LogP contribution in [0.2, 0.25) is 0 Å². The van der Waals surface area contributed by atoms with E-state index in [1.165, 1.54) is 6.07 Å². The average Bonchev–Trinajstić information content (AvgIpc) is 2.23. The molecule has 1 aliphatic heterocycles. The van der Waals surface area contributed by atoms with Crippen LogP contribution in [0.4, 0.5) is 4.39 Å². The van der Waals surface area contributed by atoms with Crippen molar-refractivity contribution in [1.82, 2.24) is 5.32 Å². The van der Waals surface area contributed by atoms with Gasteiger partial charge >= 0.3 is 0 Å². The molecule has 3 heteroatoms. The highest BCUT2D eigenvalue weighted by Gasteiger charge is 2.31. The third-order valence-corrected chi connectivity index (χ3v) is 3.10. The van der Waals surface area contributed by atoms with Crippen molar-refractivity contribution >= 4 is 5.91 Å². The van der Waals surface area contributed by atoms with Crippen LogP contribution in [0.1, 0.15) is 25.3 Å². The monoisotopic (exact) mass is 207 g/mol. The molecule has 1 heterocycles. The molecule has 0 spiro atoms. The largest absolute Gasteiger partial charge is 0.355 e. The molecular formula is C12H14FNO. The second-order valence-corrected chi connectivity index (χ2v) is 4.35. The minimum atomic E-state index is -0.217. The first-order valence-electron chi connectivity index (χ1n) is 5.13. The maximum atomic E-state index is 13.1. The number of rotatable bonds is 1. The SMILES string of the molecule is CC1(c2cccc(F)c2)CCC(=O)NC1. The standard InChI is InChI=1S/C12H14FNO/c1-12(6-5-11(15)14-8-12)9-3-2-4-10(13)7-9/h2-4,7H,5-6,8H2,1H3,(H,14,15). The number of benzene rings is 1. The van der Waals surface area contributed by atoms with E-state index in [4.69, 9.17) is 0 Å². The molecule has 2 rings (SSSR count). The Balaban J connectivity index is 2.25. The van der Waals surface area contributed by atoms with Crippen molar-refractivity contribution in [3.05, 3.63) is 35.6 Å². The second kappa shape index (κ2) is 3.65. The van der Waals surface area contributed by atoms with Gasteiger partial charge in [-0.15, -0.1) is 0 Å². The predicted octanol–water partition coefficient (Wildman–Crippen LogP) is 1.99. The number of hydrogen-bond donors (Lipinski definition) is 1. The molecule has 15 heavy (non-hydrogen) atoms. The number of amides is 1. The summed E-state index contributed by atoms with van der Waals surface area (Å²) in [6.07, 6.45) is 1.30. The van der Waals surface area contributed by atoms with Crippen LogP contribution in [0.5, 0.6) is 0 Å². The van der Waals surface area contributed by atoms with Gasteiger partial charge in [-0.25, -0.2) is 4.39 Å². The van der Waals surface area contributed by atoms with E-state index in [0.29, 0.717) is 13.0 Å². The number of piperidine rings is 1. The summed E-state index contributed by atoms with van der Waals surface area (Å²) in [4.78, 5) is 11.1. The lowest BCUT2D eigenvalue weighted by molar-refractivity contribution is -0.123. The Hall–Kier alpha value is -1.38. The summed E-state index contributed by atoms with van der Waals surface area (Å²) in [5.74, 6) is -0.130. The van der Waals surface area contributed by atoms with Crippen molar-refractivity contribution in [1.29, 1.82) is 0 Å². The van der Waals surface area contributed by atoms with Crippen molar-refractivity contribution in [2.24, 2.45) is 0 Å². The summed E-state index contributed by atoms with van der Waals surface area (Å²) in [7, 11) is 0. The third-order valence-electron chi connectivity index (χ3n) is 3.10. The number of carbonyl (C=O) groups is 1. The van der Waals surface area contributed by atoms with E-state index in [-0.39, 0.29) is 17.1 Å². The van der Waals surface area contributed by atoms with E-state index in [0.717, 1.165) is 12.0 Å². The Morgan fingerprint density at radius 3 is 2.87 bits per heavy atom. The molecule has 1 aromatic carbocycles. The second-order valence-electron chi connectivity index (χ2n) is 4.35. The van der Waals surface area contributed by atoms with Gasteiger partial charge in [-0.1, -0.05) is 19.1 Å². The fourth-order valence-corrected chi connectivity index (χ4v) is 1.97. The van der Waals surface area contributed by atoms with Crippen molar-refractivity contribution < 1.29 is 9.18 Å². The van der Waals surface area contributed by atoms with Gasteiger partial charge in [-0.3, -0.25) is 4.79 Å². The van der Waals surface area contributed by atoms with E-state index < -0.39 is 0 Å².